The summed E-state index contributed by atoms with van der Waals surface area (Å²) in [6, 6.07) is 0.707. The lowest BCUT2D eigenvalue weighted by molar-refractivity contribution is -0.389. The SMILES string of the molecule is COc1cnc([N+](=O)[O-])cc1F. The van der Waals surface area contributed by atoms with Gasteiger partial charge in [0.05, 0.1) is 13.2 Å². The van der Waals surface area contributed by atoms with E-state index in [0.29, 0.717) is 6.07 Å². The van der Waals surface area contributed by atoms with Crippen molar-refractivity contribution in [1.29, 1.82) is 0 Å². The molecule has 0 saturated heterocycles. The predicted molar refractivity (Wildman–Crippen MR) is 37.4 cm³/mol. The van der Waals surface area contributed by atoms with Crippen LogP contribution in [0.15, 0.2) is 12.3 Å². The minimum atomic E-state index is -0.792. The molecule has 0 bridgehead atoms. The van der Waals surface area contributed by atoms with Crippen molar-refractivity contribution in [2.24, 2.45) is 0 Å². The summed E-state index contributed by atoms with van der Waals surface area (Å²) < 4.78 is 17.3. The summed E-state index contributed by atoms with van der Waals surface area (Å²) in [4.78, 5) is 12.7. The molecule has 0 N–H and O–H groups in total. The first-order valence-electron chi connectivity index (χ1n) is 2.99. The third-order valence-corrected chi connectivity index (χ3v) is 1.21. The van der Waals surface area contributed by atoms with E-state index >= 15 is 0 Å². The second kappa shape index (κ2) is 3.12. The molecule has 0 aliphatic rings. The Labute approximate surface area is 66.9 Å². The van der Waals surface area contributed by atoms with Crippen molar-refractivity contribution in [2.75, 3.05) is 7.11 Å². The molecule has 1 aromatic heterocycles. The molecule has 0 amide bonds. The molecular formula is C6H5FN2O3. The Bertz CT molecular complexity index is 316. The fourth-order valence-corrected chi connectivity index (χ4v) is 0.658. The van der Waals surface area contributed by atoms with E-state index in [1.165, 1.54) is 7.11 Å². The Morgan fingerprint density at radius 3 is 2.83 bits per heavy atom. The monoisotopic (exact) mass is 172 g/mol. The molecular weight excluding hydrogens is 167 g/mol. The van der Waals surface area contributed by atoms with Crippen molar-refractivity contribution in [1.82, 2.24) is 4.98 Å². The highest BCUT2D eigenvalue weighted by atomic mass is 19.1. The number of methoxy groups -OCH3 is 1. The number of halogens is 1. The van der Waals surface area contributed by atoms with Crippen molar-refractivity contribution in [3.8, 4) is 5.75 Å². The molecule has 0 aliphatic heterocycles. The zero-order valence-electron chi connectivity index (χ0n) is 6.15. The summed E-state index contributed by atoms with van der Waals surface area (Å²) in [5, 5.41) is 10.1. The van der Waals surface area contributed by atoms with Crippen LogP contribution in [0.5, 0.6) is 5.75 Å². The van der Waals surface area contributed by atoms with Gasteiger partial charge in [0.25, 0.3) is 0 Å². The van der Waals surface area contributed by atoms with Crippen LogP contribution < -0.4 is 4.74 Å². The van der Waals surface area contributed by atoms with Crippen LogP contribution in [-0.4, -0.2) is 17.0 Å². The van der Waals surface area contributed by atoms with Gasteiger partial charge < -0.3 is 14.9 Å². The topological polar surface area (TPSA) is 65.3 Å². The molecule has 6 heteroatoms. The summed E-state index contributed by atoms with van der Waals surface area (Å²) in [5.74, 6) is -1.44. The van der Waals surface area contributed by atoms with Gasteiger partial charge in [0.2, 0.25) is 0 Å². The van der Waals surface area contributed by atoms with Gasteiger partial charge in [-0.05, 0) is 9.91 Å². The van der Waals surface area contributed by atoms with Gasteiger partial charge >= 0.3 is 5.82 Å². The molecule has 0 saturated carbocycles. The minimum Gasteiger partial charge on any atom is -0.490 e. The Kier molecular flexibility index (Phi) is 2.18. The first-order chi connectivity index (χ1) is 5.65. The summed E-state index contributed by atoms with van der Waals surface area (Å²) in [6.45, 7) is 0. The summed E-state index contributed by atoms with van der Waals surface area (Å²) >= 11 is 0. The van der Waals surface area contributed by atoms with Crippen LogP contribution in [0.2, 0.25) is 0 Å². The zero-order chi connectivity index (χ0) is 9.14. The molecule has 0 radical (unpaired) electrons. The molecule has 1 rings (SSSR count). The van der Waals surface area contributed by atoms with Crippen molar-refractivity contribution in [2.45, 2.75) is 0 Å². The van der Waals surface area contributed by atoms with E-state index in [4.69, 9.17) is 0 Å². The van der Waals surface area contributed by atoms with Gasteiger partial charge in [0, 0.05) is 0 Å². The van der Waals surface area contributed by atoms with E-state index in [-0.39, 0.29) is 5.75 Å². The molecule has 12 heavy (non-hydrogen) atoms. The molecule has 1 heterocycles. The van der Waals surface area contributed by atoms with Gasteiger partial charge in [-0.15, -0.1) is 0 Å². The van der Waals surface area contributed by atoms with Crippen LogP contribution in [0, 0.1) is 15.9 Å². The molecule has 0 unspecified atom stereocenters. The Balaban J connectivity index is 3.10. The van der Waals surface area contributed by atoms with Crippen LogP contribution in [0.4, 0.5) is 10.2 Å². The van der Waals surface area contributed by atoms with Crippen LogP contribution in [-0.2, 0) is 0 Å². The molecule has 1 aromatic rings. The minimum absolute atomic E-state index is 0.111. The largest absolute Gasteiger partial charge is 0.490 e. The quantitative estimate of drug-likeness (QED) is 0.495. The van der Waals surface area contributed by atoms with E-state index in [2.05, 4.69) is 9.72 Å². The van der Waals surface area contributed by atoms with Crippen molar-refractivity contribution >= 4 is 5.82 Å². The number of ether oxygens (including phenoxy) is 1. The number of pyridine rings is 1. The first-order valence-corrected chi connectivity index (χ1v) is 2.99. The summed E-state index contributed by atoms with van der Waals surface area (Å²) in [7, 11) is 1.26. The highest BCUT2D eigenvalue weighted by Crippen LogP contribution is 2.18. The average molecular weight is 172 g/mol. The Hall–Kier alpha value is -1.72. The lowest BCUT2D eigenvalue weighted by Crippen LogP contribution is -1.95. The number of nitrogens with zero attached hydrogens (tertiary/aromatic N) is 2. The van der Waals surface area contributed by atoms with Gasteiger partial charge in [0.15, 0.2) is 17.8 Å². The van der Waals surface area contributed by atoms with E-state index in [1.807, 2.05) is 0 Å². The summed E-state index contributed by atoms with van der Waals surface area (Å²) in [6.07, 6.45) is 0.966. The second-order valence-electron chi connectivity index (χ2n) is 1.93. The highest BCUT2D eigenvalue weighted by Gasteiger charge is 2.12. The normalized spacial score (nSPS) is 9.50. The number of hydrogen-bond acceptors (Lipinski definition) is 4. The number of aromatic nitrogens is 1. The number of hydrogen-bond donors (Lipinski definition) is 0. The smallest absolute Gasteiger partial charge is 0.366 e. The van der Waals surface area contributed by atoms with E-state index in [9.17, 15) is 14.5 Å². The molecule has 0 aromatic carbocycles. The predicted octanol–water partition coefficient (Wildman–Crippen LogP) is 1.14. The van der Waals surface area contributed by atoms with Gasteiger partial charge in [-0.2, -0.15) is 0 Å². The summed E-state index contributed by atoms with van der Waals surface area (Å²) in [5.41, 5.74) is 0. The van der Waals surface area contributed by atoms with Crippen molar-refractivity contribution < 1.29 is 14.1 Å². The number of nitro groups is 1. The third-order valence-electron chi connectivity index (χ3n) is 1.21. The molecule has 64 valence electrons. The highest BCUT2D eigenvalue weighted by molar-refractivity contribution is 5.28. The van der Waals surface area contributed by atoms with E-state index < -0.39 is 16.6 Å². The van der Waals surface area contributed by atoms with Gasteiger partial charge in [-0.25, -0.2) is 4.39 Å². The number of rotatable bonds is 2. The van der Waals surface area contributed by atoms with Gasteiger partial charge in [0.1, 0.15) is 0 Å². The Morgan fingerprint density at radius 2 is 2.42 bits per heavy atom. The molecule has 0 aliphatic carbocycles. The van der Waals surface area contributed by atoms with E-state index in [1.54, 1.807) is 0 Å². The van der Waals surface area contributed by atoms with Crippen LogP contribution in [0.1, 0.15) is 0 Å². The van der Waals surface area contributed by atoms with Crippen LogP contribution in [0.25, 0.3) is 0 Å². The molecule has 0 spiro atoms. The lowest BCUT2D eigenvalue weighted by atomic mass is 10.4. The van der Waals surface area contributed by atoms with Crippen molar-refractivity contribution in [3.05, 3.63) is 28.2 Å². The fourth-order valence-electron chi connectivity index (χ4n) is 0.658. The standard InChI is InChI=1S/C6H5FN2O3/c1-12-5-3-8-6(9(10)11)2-4(5)7/h2-3H,1H3. The molecule has 0 atom stereocenters. The molecule has 5 nitrogen and oxygen atoms in total. The van der Waals surface area contributed by atoms with Gasteiger partial charge in [-0.1, -0.05) is 0 Å². The second-order valence-corrected chi connectivity index (χ2v) is 1.93. The third kappa shape index (κ3) is 1.47. The van der Waals surface area contributed by atoms with Gasteiger partial charge in [-0.3, -0.25) is 0 Å². The maximum Gasteiger partial charge on any atom is 0.366 e. The Morgan fingerprint density at radius 1 is 1.75 bits per heavy atom. The maximum atomic E-state index is 12.7. The average Bonchev–Trinajstić information content (AvgIpc) is 2.04. The zero-order valence-corrected chi connectivity index (χ0v) is 6.15. The first kappa shape index (κ1) is 8.38. The van der Waals surface area contributed by atoms with Crippen LogP contribution in [0.3, 0.4) is 0 Å². The lowest BCUT2D eigenvalue weighted by Gasteiger charge is -1.97. The van der Waals surface area contributed by atoms with Crippen LogP contribution >= 0.6 is 0 Å². The molecule has 0 fully saturated rings. The van der Waals surface area contributed by atoms with Crippen molar-refractivity contribution in [3.63, 3.8) is 0 Å². The fraction of sp³-hybridized carbons (Fsp3) is 0.167. The maximum absolute atomic E-state index is 12.7. The van der Waals surface area contributed by atoms with E-state index in [0.717, 1.165) is 6.20 Å².